The van der Waals surface area contributed by atoms with Gasteiger partial charge in [0, 0.05) is 5.69 Å². The summed E-state index contributed by atoms with van der Waals surface area (Å²) in [7, 11) is -7.67. The summed E-state index contributed by atoms with van der Waals surface area (Å²) in [6.45, 7) is 6.56. The quantitative estimate of drug-likeness (QED) is 0.817. The number of benzene rings is 2. The lowest BCUT2D eigenvalue weighted by Gasteiger charge is -2.19. The smallest absolute Gasteiger partial charge is 0.262 e. The molecule has 0 bridgehead atoms. The highest BCUT2D eigenvalue weighted by Crippen LogP contribution is 2.36. The Labute approximate surface area is 165 Å². The molecule has 1 heterocycles. The van der Waals surface area contributed by atoms with Crippen LogP contribution in [0.2, 0.25) is 0 Å². The van der Waals surface area contributed by atoms with E-state index in [1.165, 1.54) is 18.2 Å². The Morgan fingerprint density at radius 2 is 1.75 bits per heavy atom. The molecule has 0 spiro atoms. The van der Waals surface area contributed by atoms with Crippen LogP contribution in [0.5, 0.6) is 0 Å². The molecular weight excluding hydrogens is 400 g/mol. The molecule has 1 fully saturated rings. The number of anilines is 2. The number of hydrogen-bond donors (Lipinski definition) is 1. The van der Waals surface area contributed by atoms with Crippen molar-refractivity contribution in [3.63, 3.8) is 0 Å². The van der Waals surface area contributed by atoms with Gasteiger partial charge in [0.15, 0.2) is 0 Å². The SMILES string of the molecule is Cc1cccc(NS(=O)(=O)c2ccc(N3C(=O)C(C)(C)CS3(=O)=O)cc2C)c1. The molecule has 1 aliphatic rings. The van der Waals surface area contributed by atoms with Gasteiger partial charge in [-0.25, -0.2) is 21.1 Å². The van der Waals surface area contributed by atoms with Crippen LogP contribution in [0.1, 0.15) is 25.0 Å². The molecule has 2 aromatic rings. The number of sulfonamides is 2. The molecule has 1 saturated heterocycles. The zero-order valence-electron chi connectivity index (χ0n) is 16.1. The lowest BCUT2D eigenvalue weighted by atomic mass is 9.95. The Morgan fingerprint density at radius 1 is 1.07 bits per heavy atom. The second kappa shape index (κ2) is 6.59. The predicted octanol–water partition coefficient (Wildman–Crippen LogP) is 2.81. The number of hydrogen-bond acceptors (Lipinski definition) is 5. The van der Waals surface area contributed by atoms with Gasteiger partial charge < -0.3 is 0 Å². The second-order valence-electron chi connectivity index (χ2n) is 7.63. The van der Waals surface area contributed by atoms with Crippen LogP contribution in [0.15, 0.2) is 47.4 Å². The fourth-order valence-corrected chi connectivity index (χ4v) is 6.62. The summed E-state index contributed by atoms with van der Waals surface area (Å²) in [6, 6.07) is 11.0. The van der Waals surface area contributed by atoms with Crippen molar-refractivity contribution in [1.82, 2.24) is 0 Å². The zero-order valence-corrected chi connectivity index (χ0v) is 17.7. The van der Waals surface area contributed by atoms with E-state index < -0.39 is 31.4 Å². The molecular formula is C19H22N2O5S2. The van der Waals surface area contributed by atoms with Crippen LogP contribution in [-0.4, -0.2) is 28.5 Å². The van der Waals surface area contributed by atoms with E-state index in [9.17, 15) is 21.6 Å². The van der Waals surface area contributed by atoms with Gasteiger partial charge in [-0.3, -0.25) is 9.52 Å². The van der Waals surface area contributed by atoms with Crippen molar-refractivity contribution in [3.8, 4) is 0 Å². The second-order valence-corrected chi connectivity index (χ2v) is 11.1. The van der Waals surface area contributed by atoms with Gasteiger partial charge in [0.25, 0.3) is 10.0 Å². The Morgan fingerprint density at radius 3 is 2.29 bits per heavy atom. The molecule has 0 radical (unpaired) electrons. The van der Waals surface area contributed by atoms with Crippen molar-refractivity contribution in [2.45, 2.75) is 32.6 Å². The molecule has 28 heavy (non-hydrogen) atoms. The molecule has 0 aromatic heterocycles. The first kappa shape index (κ1) is 20.3. The summed E-state index contributed by atoms with van der Waals surface area (Å²) in [5.41, 5.74) is 0.799. The minimum atomic E-state index is -3.87. The number of amides is 1. The van der Waals surface area contributed by atoms with Gasteiger partial charge in [-0.05, 0) is 69.2 Å². The third-order valence-corrected chi connectivity index (χ3v) is 8.10. The Balaban J connectivity index is 1.98. The molecule has 9 heteroatoms. The Hall–Kier alpha value is -2.39. The summed E-state index contributed by atoms with van der Waals surface area (Å²) in [6.07, 6.45) is 0. The standard InChI is InChI=1S/C19H22N2O5S2/c1-13-6-5-7-15(10-13)20-28(25,26)17-9-8-16(11-14(17)2)21-18(22)19(3,4)12-27(21,23)24/h5-11,20H,12H2,1-4H3. The first-order valence-electron chi connectivity index (χ1n) is 8.61. The lowest BCUT2D eigenvalue weighted by Crippen LogP contribution is -2.33. The van der Waals surface area contributed by atoms with Gasteiger partial charge in [0.05, 0.1) is 21.8 Å². The molecule has 3 rings (SSSR count). The van der Waals surface area contributed by atoms with Gasteiger partial charge in [-0.1, -0.05) is 12.1 Å². The molecule has 0 aliphatic carbocycles. The topological polar surface area (TPSA) is 101 Å². The fraction of sp³-hybridized carbons (Fsp3) is 0.316. The van der Waals surface area contributed by atoms with Crippen LogP contribution < -0.4 is 9.03 Å². The third kappa shape index (κ3) is 3.64. The first-order chi connectivity index (χ1) is 12.8. The van der Waals surface area contributed by atoms with Crippen molar-refractivity contribution >= 4 is 37.3 Å². The summed E-state index contributed by atoms with van der Waals surface area (Å²) in [5.74, 6) is -0.812. The van der Waals surface area contributed by atoms with E-state index in [0.717, 1.165) is 9.87 Å². The van der Waals surface area contributed by atoms with Crippen molar-refractivity contribution in [2.24, 2.45) is 5.41 Å². The van der Waals surface area contributed by atoms with Crippen LogP contribution in [0, 0.1) is 19.3 Å². The predicted molar refractivity (Wildman–Crippen MR) is 108 cm³/mol. The molecule has 1 aliphatic heterocycles. The maximum absolute atomic E-state index is 12.8. The summed E-state index contributed by atoms with van der Waals surface area (Å²) >= 11 is 0. The maximum atomic E-state index is 12.8. The van der Waals surface area contributed by atoms with Crippen LogP contribution in [0.25, 0.3) is 0 Å². The van der Waals surface area contributed by atoms with Crippen molar-refractivity contribution < 1.29 is 21.6 Å². The summed E-state index contributed by atoms with van der Waals surface area (Å²) in [5, 5.41) is 0. The third-order valence-electron chi connectivity index (χ3n) is 4.54. The molecule has 2 aromatic carbocycles. The van der Waals surface area contributed by atoms with Crippen molar-refractivity contribution in [2.75, 3.05) is 14.8 Å². The highest BCUT2D eigenvalue weighted by molar-refractivity contribution is 7.94. The number of carbonyl (C=O) groups is 1. The van der Waals surface area contributed by atoms with Gasteiger partial charge in [0.2, 0.25) is 15.9 Å². The van der Waals surface area contributed by atoms with Crippen LogP contribution >= 0.6 is 0 Å². The molecule has 7 nitrogen and oxygen atoms in total. The van der Waals surface area contributed by atoms with E-state index in [0.29, 0.717) is 11.3 Å². The van der Waals surface area contributed by atoms with E-state index in [2.05, 4.69) is 4.72 Å². The van der Waals surface area contributed by atoms with E-state index in [1.807, 2.05) is 13.0 Å². The van der Waals surface area contributed by atoms with Crippen LogP contribution in [0.4, 0.5) is 11.4 Å². The minimum Gasteiger partial charge on any atom is -0.280 e. The monoisotopic (exact) mass is 422 g/mol. The number of carbonyl (C=O) groups excluding carboxylic acids is 1. The minimum absolute atomic E-state index is 0.0149. The summed E-state index contributed by atoms with van der Waals surface area (Å²) < 4.78 is 53.6. The molecule has 1 amide bonds. The maximum Gasteiger partial charge on any atom is 0.262 e. The molecule has 0 unspecified atom stereocenters. The molecule has 0 saturated carbocycles. The molecule has 1 N–H and O–H groups in total. The largest absolute Gasteiger partial charge is 0.280 e. The highest BCUT2D eigenvalue weighted by atomic mass is 32.2. The van der Waals surface area contributed by atoms with E-state index in [1.54, 1.807) is 39.0 Å². The van der Waals surface area contributed by atoms with Gasteiger partial charge in [-0.15, -0.1) is 0 Å². The fourth-order valence-electron chi connectivity index (χ4n) is 3.24. The first-order valence-corrected chi connectivity index (χ1v) is 11.7. The summed E-state index contributed by atoms with van der Waals surface area (Å²) in [4.78, 5) is 12.5. The van der Waals surface area contributed by atoms with E-state index >= 15 is 0 Å². The number of nitrogens with one attached hydrogen (secondary N) is 1. The van der Waals surface area contributed by atoms with Crippen LogP contribution in [0.3, 0.4) is 0 Å². The van der Waals surface area contributed by atoms with Crippen molar-refractivity contribution in [3.05, 3.63) is 53.6 Å². The Bertz CT molecular complexity index is 1170. The number of rotatable bonds is 4. The molecule has 0 atom stereocenters. The zero-order chi connectivity index (χ0) is 20.9. The average molecular weight is 423 g/mol. The normalized spacial score (nSPS) is 18.3. The molecule has 150 valence electrons. The lowest BCUT2D eigenvalue weighted by molar-refractivity contribution is -0.123. The Kier molecular flexibility index (Phi) is 4.79. The van der Waals surface area contributed by atoms with E-state index in [4.69, 9.17) is 0 Å². The highest BCUT2D eigenvalue weighted by Gasteiger charge is 2.50. The number of nitrogens with zero attached hydrogens (tertiary/aromatic N) is 1. The van der Waals surface area contributed by atoms with Gasteiger partial charge >= 0.3 is 0 Å². The average Bonchev–Trinajstić information content (AvgIpc) is 2.69. The van der Waals surface area contributed by atoms with Gasteiger partial charge in [0.1, 0.15) is 0 Å². The van der Waals surface area contributed by atoms with Gasteiger partial charge in [-0.2, -0.15) is 0 Å². The van der Waals surface area contributed by atoms with E-state index in [-0.39, 0.29) is 16.3 Å². The number of aryl methyl sites for hydroxylation is 2. The van der Waals surface area contributed by atoms with Crippen molar-refractivity contribution in [1.29, 1.82) is 0 Å². The van der Waals surface area contributed by atoms with Crippen LogP contribution in [-0.2, 0) is 24.8 Å².